The number of piperidine rings is 1. The molecule has 1 saturated heterocycles. The molecule has 1 N–H and O–H groups in total. The summed E-state index contributed by atoms with van der Waals surface area (Å²) in [6.45, 7) is 2.56. The molecule has 1 aliphatic heterocycles. The van der Waals surface area contributed by atoms with E-state index in [1.165, 1.54) is 11.0 Å². The van der Waals surface area contributed by atoms with Gasteiger partial charge in [0.15, 0.2) is 17.0 Å². The fourth-order valence-electron chi connectivity index (χ4n) is 3.38. The van der Waals surface area contributed by atoms with Crippen LogP contribution in [0.15, 0.2) is 36.4 Å². The lowest BCUT2D eigenvalue weighted by Gasteiger charge is -2.28. The third-order valence-electron chi connectivity index (χ3n) is 5.04. The van der Waals surface area contributed by atoms with Crippen LogP contribution in [-0.4, -0.2) is 49.7 Å². The Labute approximate surface area is 164 Å². The Bertz CT molecular complexity index is 1050. The highest BCUT2D eigenvalue weighted by Gasteiger charge is 2.36. The molecule has 1 aliphatic rings. The zero-order valence-corrected chi connectivity index (χ0v) is 15.6. The van der Waals surface area contributed by atoms with E-state index in [0.717, 1.165) is 11.6 Å². The quantitative estimate of drug-likeness (QED) is 0.711. The maximum absolute atomic E-state index is 13.7. The fraction of sp³-hybridized carbons (Fsp3) is 0.350. The van der Waals surface area contributed by atoms with Crippen molar-refractivity contribution >= 4 is 11.6 Å². The van der Waals surface area contributed by atoms with Crippen molar-refractivity contribution in [1.82, 2.24) is 19.5 Å². The smallest absolute Gasteiger partial charge is 0.393 e. The van der Waals surface area contributed by atoms with Gasteiger partial charge in [0.1, 0.15) is 0 Å². The number of aliphatic hydroxyl groups is 1. The summed E-state index contributed by atoms with van der Waals surface area (Å²) in [5.41, 5.74) is 0.546. The molecular weight excluding hydrogens is 385 g/mol. The number of hydrogen-bond donors (Lipinski definition) is 1. The molecule has 1 aromatic carbocycles. The van der Waals surface area contributed by atoms with Gasteiger partial charge in [-0.05, 0) is 25.8 Å². The summed E-state index contributed by atoms with van der Waals surface area (Å²) in [6, 6.07) is 9.22. The Morgan fingerprint density at radius 2 is 1.79 bits per heavy atom. The summed E-state index contributed by atoms with van der Waals surface area (Å²) in [7, 11) is 0. The number of carbonyl (C=O) groups is 1. The van der Waals surface area contributed by atoms with Crippen molar-refractivity contribution < 1.29 is 23.1 Å². The van der Waals surface area contributed by atoms with Gasteiger partial charge in [-0.3, -0.25) is 4.79 Å². The van der Waals surface area contributed by atoms with E-state index in [0.29, 0.717) is 36.0 Å². The summed E-state index contributed by atoms with van der Waals surface area (Å²) in [4.78, 5) is 18.5. The molecule has 0 atom stereocenters. The molecule has 9 heteroatoms. The molecule has 2 aromatic heterocycles. The number of amides is 1. The summed E-state index contributed by atoms with van der Waals surface area (Å²) in [5.74, 6) is -0.465. The largest absolute Gasteiger partial charge is 0.433 e. The van der Waals surface area contributed by atoms with E-state index in [-0.39, 0.29) is 17.0 Å². The maximum atomic E-state index is 13.7. The summed E-state index contributed by atoms with van der Waals surface area (Å²) in [6.07, 6.45) is -4.26. The SMILES string of the molecule is Cc1ccc(-c2cc(C(F)(F)F)n3nc(C(=O)N4CCC(O)CC4)cc3n2)cc1. The number of aliphatic hydroxyl groups excluding tert-OH is 1. The number of halogens is 3. The van der Waals surface area contributed by atoms with Gasteiger partial charge >= 0.3 is 6.18 Å². The third kappa shape index (κ3) is 3.82. The van der Waals surface area contributed by atoms with Crippen LogP contribution < -0.4 is 0 Å². The number of alkyl halides is 3. The molecule has 3 heterocycles. The zero-order valence-electron chi connectivity index (χ0n) is 15.6. The van der Waals surface area contributed by atoms with E-state index in [1.54, 1.807) is 24.3 Å². The van der Waals surface area contributed by atoms with Crippen molar-refractivity contribution in [3.05, 3.63) is 53.3 Å². The summed E-state index contributed by atoms with van der Waals surface area (Å²) >= 11 is 0. The number of carbonyl (C=O) groups excluding carboxylic acids is 1. The first kappa shape index (κ1) is 19.4. The number of hydrogen-bond acceptors (Lipinski definition) is 4. The van der Waals surface area contributed by atoms with Crippen molar-refractivity contribution in [2.45, 2.75) is 32.0 Å². The molecule has 0 spiro atoms. The minimum atomic E-state index is -4.66. The Kier molecular flexibility index (Phi) is 4.77. The molecule has 1 fully saturated rings. The Balaban J connectivity index is 1.78. The van der Waals surface area contributed by atoms with Gasteiger partial charge < -0.3 is 10.0 Å². The van der Waals surface area contributed by atoms with Crippen LogP contribution in [0.4, 0.5) is 13.2 Å². The van der Waals surface area contributed by atoms with Crippen LogP contribution in [-0.2, 0) is 6.18 Å². The average Bonchev–Trinajstić information content (AvgIpc) is 3.11. The molecule has 29 heavy (non-hydrogen) atoms. The van der Waals surface area contributed by atoms with Gasteiger partial charge in [0.05, 0.1) is 11.8 Å². The lowest BCUT2D eigenvalue weighted by atomic mass is 10.1. The number of aromatic nitrogens is 3. The van der Waals surface area contributed by atoms with Crippen LogP contribution in [0.5, 0.6) is 0 Å². The van der Waals surface area contributed by atoms with Crippen LogP contribution in [0.1, 0.15) is 34.6 Å². The lowest BCUT2D eigenvalue weighted by molar-refractivity contribution is -0.142. The predicted molar refractivity (Wildman–Crippen MR) is 99.3 cm³/mol. The zero-order chi connectivity index (χ0) is 20.8. The van der Waals surface area contributed by atoms with Gasteiger partial charge in [-0.2, -0.15) is 18.3 Å². The summed E-state index contributed by atoms with van der Waals surface area (Å²) < 4.78 is 41.7. The second-order valence-corrected chi connectivity index (χ2v) is 7.21. The molecule has 0 unspecified atom stereocenters. The average molecular weight is 404 g/mol. The second kappa shape index (κ2) is 7.14. The van der Waals surface area contributed by atoms with Crippen molar-refractivity contribution in [2.24, 2.45) is 0 Å². The first-order chi connectivity index (χ1) is 13.7. The minimum Gasteiger partial charge on any atom is -0.393 e. The molecule has 6 nitrogen and oxygen atoms in total. The van der Waals surface area contributed by atoms with E-state index in [4.69, 9.17) is 0 Å². The number of benzene rings is 1. The number of aryl methyl sites for hydroxylation is 1. The minimum absolute atomic E-state index is 0.0456. The number of likely N-dealkylation sites (tertiary alicyclic amines) is 1. The van der Waals surface area contributed by atoms with Crippen molar-refractivity contribution in [1.29, 1.82) is 0 Å². The molecule has 0 radical (unpaired) electrons. The molecular formula is C20H19F3N4O2. The number of fused-ring (bicyclic) bond motifs is 1. The first-order valence-electron chi connectivity index (χ1n) is 9.25. The Hall–Kier alpha value is -2.94. The number of nitrogens with zero attached hydrogens (tertiary/aromatic N) is 4. The number of rotatable bonds is 2. The topological polar surface area (TPSA) is 70.7 Å². The van der Waals surface area contributed by atoms with Crippen molar-refractivity contribution in [3.8, 4) is 11.3 Å². The molecule has 0 bridgehead atoms. The van der Waals surface area contributed by atoms with Crippen molar-refractivity contribution in [3.63, 3.8) is 0 Å². The van der Waals surface area contributed by atoms with Gasteiger partial charge in [-0.25, -0.2) is 9.50 Å². The van der Waals surface area contributed by atoms with Crippen LogP contribution in [0.3, 0.4) is 0 Å². The van der Waals surface area contributed by atoms with E-state index >= 15 is 0 Å². The molecule has 0 saturated carbocycles. The summed E-state index contributed by atoms with van der Waals surface area (Å²) in [5, 5.41) is 13.5. The van der Waals surface area contributed by atoms with Gasteiger partial charge in [-0.15, -0.1) is 0 Å². The van der Waals surface area contributed by atoms with Gasteiger partial charge in [0.2, 0.25) is 0 Å². The lowest BCUT2D eigenvalue weighted by Crippen LogP contribution is -2.40. The standard InChI is InChI=1S/C20H19F3N4O2/c1-12-2-4-13(5-3-12)15-10-17(20(21,22)23)27-18(24-15)11-16(25-27)19(29)26-8-6-14(28)7-9-26/h2-5,10-11,14,28H,6-9H2,1H3. The van der Waals surface area contributed by atoms with Crippen LogP contribution in [0.2, 0.25) is 0 Å². The van der Waals surface area contributed by atoms with E-state index in [9.17, 15) is 23.1 Å². The highest BCUT2D eigenvalue weighted by Crippen LogP contribution is 2.32. The Morgan fingerprint density at radius 1 is 1.14 bits per heavy atom. The molecule has 1 amide bonds. The van der Waals surface area contributed by atoms with E-state index in [1.807, 2.05) is 6.92 Å². The Morgan fingerprint density at radius 3 is 2.41 bits per heavy atom. The first-order valence-corrected chi connectivity index (χ1v) is 9.25. The predicted octanol–water partition coefficient (Wildman–Crippen LogP) is 3.32. The van der Waals surface area contributed by atoms with Crippen LogP contribution >= 0.6 is 0 Å². The monoisotopic (exact) mass is 404 g/mol. The highest BCUT2D eigenvalue weighted by molar-refractivity contribution is 5.93. The van der Waals surface area contributed by atoms with Gasteiger partial charge in [0.25, 0.3) is 5.91 Å². The van der Waals surface area contributed by atoms with Crippen molar-refractivity contribution in [2.75, 3.05) is 13.1 Å². The highest BCUT2D eigenvalue weighted by atomic mass is 19.4. The normalized spacial score (nSPS) is 15.8. The third-order valence-corrected chi connectivity index (χ3v) is 5.04. The van der Waals surface area contributed by atoms with Gasteiger partial charge in [-0.1, -0.05) is 29.8 Å². The van der Waals surface area contributed by atoms with Crippen LogP contribution in [0.25, 0.3) is 16.9 Å². The molecule has 0 aliphatic carbocycles. The second-order valence-electron chi connectivity index (χ2n) is 7.21. The molecule has 152 valence electrons. The van der Waals surface area contributed by atoms with E-state index in [2.05, 4.69) is 10.1 Å². The molecule has 4 rings (SSSR count). The fourth-order valence-corrected chi connectivity index (χ4v) is 3.38. The van der Waals surface area contributed by atoms with E-state index < -0.39 is 23.9 Å². The van der Waals surface area contributed by atoms with Crippen LogP contribution in [0, 0.1) is 6.92 Å². The molecule has 3 aromatic rings. The van der Waals surface area contributed by atoms with Gasteiger partial charge in [0, 0.05) is 24.7 Å². The maximum Gasteiger partial charge on any atom is 0.433 e.